The Hall–Kier alpha value is -13.3. The minimum absolute atomic E-state index is 0.0798. The summed E-state index contributed by atoms with van der Waals surface area (Å²) in [5, 5.41) is 75.9. The van der Waals surface area contributed by atoms with Crippen molar-refractivity contribution in [3.63, 3.8) is 0 Å². The Morgan fingerprint density at radius 2 is 0.750 bits per heavy atom. The van der Waals surface area contributed by atoms with Gasteiger partial charge in [0.2, 0.25) is 82.7 Å². The fourth-order valence-electron chi connectivity index (χ4n) is 13.2. The molecule has 14 amide bonds. The number of nitrogens with two attached hydrogens (primary N) is 4. The smallest absolute Gasteiger partial charge is 0.326 e. The van der Waals surface area contributed by atoms with Crippen molar-refractivity contribution in [2.75, 3.05) is 26.2 Å². The van der Waals surface area contributed by atoms with Gasteiger partial charge in [0.25, 0.3) is 0 Å². The SMILES string of the molecule is C[C@H](N)C(=O)NCC(=O)N[C@@H](Cc1ccccc1)C(=O)N[C@@H](CCCCN)C(=O)N[C@@H](CC(N)=O)C(=O)N[C@@H](Cc1ccccc1)C(=O)N[C@@H](Cc1ccccc1)C(=O)N[C@@H](Cc1c[nH]c2ccccc12)C(=O)N[C@@H](CCCCN)C(=O)N[C@H](C(=O)N[C@@H](Cc1ccccc1)C(=O)N[C@H](C(=O)N[C@@H](CO)C(=O)N[C@@H](Cc1cnc[nH]1)C(=O)O)[C@@H](C)O)[C@@H](C)O. The monoisotopic (exact) mass is 1720 g/mol. The van der Waals surface area contributed by atoms with Gasteiger partial charge in [0.1, 0.15) is 72.5 Å². The number of fused-ring (bicyclic) bond motifs is 1. The van der Waals surface area contributed by atoms with Crippen molar-refractivity contribution in [2.24, 2.45) is 22.9 Å². The molecule has 7 rings (SSSR count). The topological polar surface area (TPSA) is 642 Å². The molecular weight excluding hydrogens is 1610 g/mol. The largest absolute Gasteiger partial charge is 0.480 e. The maximum absolute atomic E-state index is 15.5. The van der Waals surface area contributed by atoms with E-state index in [4.69, 9.17) is 22.9 Å². The second-order valence-corrected chi connectivity index (χ2v) is 30.0. The van der Waals surface area contributed by atoms with Crippen LogP contribution in [0.1, 0.15) is 99.2 Å². The summed E-state index contributed by atoms with van der Waals surface area (Å²) in [5.74, 6) is -15.6. The highest BCUT2D eigenvalue weighted by atomic mass is 16.4. The van der Waals surface area contributed by atoms with E-state index in [-0.39, 0.29) is 77.3 Å². The number of aliphatic carboxylic acids is 1. The molecule has 0 saturated heterocycles. The van der Waals surface area contributed by atoms with Gasteiger partial charge in [-0.05, 0) is 106 Å². The first-order valence-electron chi connectivity index (χ1n) is 40.6. The summed E-state index contributed by atoms with van der Waals surface area (Å²) < 4.78 is 0. The van der Waals surface area contributed by atoms with Gasteiger partial charge < -0.3 is 122 Å². The highest BCUT2D eigenvalue weighted by Gasteiger charge is 2.40. The molecule has 2 heterocycles. The summed E-state index contributed by atoms with van der Waals surface area (Å²) in [4.78, 5) is 222. The predicted octanol–water partition coefficient (Wildman–Crippen LogP) is -4.10. The van der Waals surface area contributed by atoms with Crippen molar-refractivity contribution in [2.45, 2.75) is 195 Å². The maximum Gasteiger partial charge on any atom is 0.326 e. The van der Waals surface area contributed by atoms with Crippen molar-refractivity contribution in [3.05, 3.63) is 198 Å². The van der Waals surface area contributed by atoms with Crippen molar-refractivity contribution in [1.82, 2.24) is 84.1 Å². The normalized spacial score (nSPS) is 14.8. The number of rotatable bonds is 52. The number of aliphatic hydroxyl groups is 3. The molecule has 2 aromatic heterocycles. The summed E-state index contributed by atoms with van der Waals surface area (Å²) in [6, 6.07) is 19.4. The lowest BCUT2D eigenvalue weighted by Gasteiger charge is -2.29. The number of carbonyl (C=O) groups excluding carboxylic acids is 14. The van der Waals surface area contributed by atoms with E-state index in [9.17, 15) is 78.0 Å². The van der Waals surface area contributed by atoms with Gasteiger partial charge in [-0.3, -0.25) is 67.1 Å². The minimum Gasteiger partial charge on any atom is -0.480 e. The van der Waals surface area contributed by atoms with Gasteiger partial charge >= 0.3 is 5.97 Å². The number of H-pyrrole nitrogens is 2. The third-order valence-corrected chi connectivity index (χ3v) is 20.0. The van der Waals surface area contributed by atoms with E-state index < -0.39 is 199 Å². The number of carboxylic acid groups (broad SMARTS) is 1. The first kappa shape index (κ1) is 97.8. The Labute approximate surface area is 714 Å². The number of hydrogen-bond donors (Lipinski definition) is 23. The Morgan fingerprint density at radius 3 is 1.15 bits per heavy atom. The lowest BCUT2D eigenvalue weighted by atomic mass is 10.00. The number of carboxylic acids is 1. The van der Waals surface area contributed by atoms with E-state index >= 15 is 14.4 Å². The van der Waals surface area contributed by atoms with E-state index in [2.05, 4.69) is 84.1 Å². The number of benzene rings is 5. The predicted molar refractivity (Wildman–Crippen MR) is 452 cm³/mol. The van der Waals surface area contributed by atoms with E-state index in [1.165, 1.54) is 19.4 Å². The summed E-state index contributed by atoms with van der Waals surface area (Å²) in [6.07, 6.45) is -0.820. The average molecular weight is 1720 g/mol. The summed E-state index contributed by atoms with van der Waals surface area (Å²) in [7, 11) is 0. The molecule has 0 unspecified atom stereocenters. The van der Waals surface area contributed by atoms with Crippen molar-refractivity contribution in [1.29, 1.82) is 0 Å². The fourth-order valence-corrected chi connectivity index (χ4v) is 13.2. The van der Waals surface area contributed by atoms with Crippen molar-refractivity contribution >= 4 is 99.6 Å². The van der Waals surface area contributed by atoms with Crippen LogP contribution in [0, 0.1) is 0 Å². The van der Waals surface area contributed by atoms with Crippen LogP contribution >= 0.6 is 0 Å². The van der Waals surface area contributed by atoms with E-state index in [1.807, 2.05) is 0 Å². The van der Waals surface area contributed by atoms with Crippen LogP contribution in [-0.2, 0) is 110 Å². The van der Waals surface area contributed by atoms with Crippen LogP contribution in [0.5, 0.6) is 0 Å². The molecule has 0 aliphatic heterocycles. The van der Waals surface area contributed by atoms with Crippen LogP contribution < -0.4 is 92.1 Å². The second kappa shape index (κ2) is 50.2. The second-order valence-electron chi connectivity index (χ2n) is 30.0. The first-order valence-corrected chi connectivity index (χ1v) is 40.6. The summed E-state index contributed by atoms with van der Waals surface area (Å²) >= 11 is 0. The van der Waals surface area contributed by atoms with Crippen molar-refractivity contribution < 1.29 is 92.3 Å². The van der Waals surface area contributed by atoms with E-state index in [0.717, 1.165) is 13.8 Å². The van der Waals surface area contributed by atoms with E-state index in [0.29, 0.717) is 57.3 Å². The number of aliphatic hydroxyl groups excluding tert-OH is 3. The van der Waals surface area contributed by atoms with Crippen molar-refractivity contribution in [3.8, 4) is 0 Å². The fraction of sp³-hybridized carbons (Fsp3) is 0.412. The molecule has 0 saturated carbocycles. The Morgan fingerprint density at radius 1 is 0.395 bits per heavy atom. The number of para-hydroxylation sites is 1. The number of carbonyl (C=O) groups is 15. The van der Waals surface area contributed by atoms with Gasteiger partial charge in [-0.25, -0.2) is 9.78 Å². The molecule has 27 N–H and O–H groups in total. The lowest BCUT2D eigenvalue weighted by Crippen LogP contribution is -2.63. The number of nitrogens with zero attached hydrogens (tertiary/aromatic N) is 1. The molecule has 0 aliphatic rings. The molecule has 5 aromatic carbocycles. The zero-order chi connectivity index (χ0) is 90.4. The highest BCUT2D eigenvalue weighted by Crippen LogP contribution is 2.21. The number of aromatic amines is 2. The van der Waals surface area contributed by atoms with Gasteiger partial charge in [0.05, 0.1) is 44.1 Å². The Kier molecular flexibility index (Phi) is 39.6. The van der Waals surface area contributed by atoms with Crippen LogP contribution in [0.2, 0.25) is 0 Å². The van der Waals surface area contributed by atoms with Crippen LogP contribution in [0.4, 0.5) is 0 Å². The lowest BCUT2D eigenvalue weighted by molar-refractivity contribution is -0.142. The number of nitrogens with one attached hydrogen (secondary N) is 15. The number of hydrogen-bond acceptors (Lipinski definition) is 22. The third kappa shape index (κ3) is 31.9. The molecule has 0 fully saturated rings. The zero-order valence-electron chi connectivity index (χ0n) is 68.9. The molecule has 7 aromatic rings. The summed E-state index contributed by atoms with van der Waals surface area (Å²) in [5.41, 5.74) is 26.6. The molecule has 666 valence electrons. The zero-order valence-corrected chi connectivity index (χ0v) is 68.9. The number of primary amides is 1. The molecule has 0 radical (unpaired) electrons. The van der Waals surface area contributed by atoms with Gasteiger partial charge in [-0.1, -0.05) is 140 Å². The molecular formula is C85H112N20O19. The number of imidazole rings is 1. The number of amides is 14. The Balaban J connectivity index is 1.15. The summed E-state index contributed by atoms with van der Waals surface area (Å²) in [6.45, 7) is 2.34. The van der Waals surface area contributed by atoms with Crippen LogP contribution in [-0.4, -0.2) is 241 Å². The van der Waals surface area contributed by atoms with Gasteiger partial charge in [0, 0.05) is 67.5 Å². The highest BCUT2D eigenvalue weighted by molar-refractivity contribution is 6.01. The van der Waals surface area contributed by atoms with Crippen LogP contribution in [0.15, 0.2) is 164 Å². The van der Waals surface area contributed by atoms with Gasteiger partial charge in [-0.15, -0.1) is 0 Å². The molecule has 124 heavy (non-hydrogen) atoms. The first-order chi connectivity index (χ1) is 59.3. The number of unbranched alkanes of at least 4 members (excludes halogenated alkanes) is 2. The molecule has 0 bridgehead atoms. The van der Waals surface area contributed by atoms with E-state index in [1.54, 1.807) is 152 Å². The molecule has 15 atom stereocenters. The maximum atomic E-state index is 15.5. The van der Waals surface area contributed by atoms with Crippen LogP contribution in [0.3, 0.4) is 0 Å². The Bertz CT molecular complexity index is 4700. The van der Waals surface area contributed by atoms with Gasteiger partial charge in [0.15, 0.2) is 0 Å². The molecule has 39 heteroatoms. The standard InChI is InChI=1S/C85H112N20O19/c1-48(88)73(111)92-45-70(110)94-61(36-51-22-8-4-9-23-51)76(114)95-59(32-18-20-34-86)74(112)100-66(42-69(89)109)80(118)98-62(37-52-24-10-5-11-25-52)77(115)97-63(38-53-26-12-6-13-27-53)78(116)99-65(40-55-43-91-58-31-17-16-30-57(55)58)79(117)96-60(33-19-21-35-87)75(113)104-71(49(2)107)83(121)101-64(39-54-28-14-7-15-29-54)81(119)105-72(50(3)108)84(122)103-68(46-106)82(120)102-67(85(123)124)41-56-44-90-47-93-56/h4-17,22-31,43-44,47-50,59-68,71-72,91,106-108H,18-21,32-42,45-46,86-88H2,1-3H3,(H2,89,109)(H,90,93)(H,92,111)(H,94,110)(H,95,114)(H,96,117)(H,97,115)(H,98,118)(H,99,116)(H,100,112)(H,101,121)(H,102,120)(H,103,122)(H,104,113)(H,105,119)(H,123,124)/t48-,49+,50+,59-,60-,61-,62-,63-,64-,65-,66-,67-,68-,71-,72-/m0/s1. The van der Waals surface area contributed by atoms with Crippen LogP contribution in [0.25, 0.3) is 10.9 Å². The molecule has 39 nitrogen and oxygen atoms in total. The molecule has 0 spiro atoms. The van der Waals surface area contributed by atoms with Gasteiger partial charge in [-0.2, -0.15) is 0 Å². The number of aromatic nitrogens is 3. The third-order valence-electron chi connectivity index (χ3n) is 20.0. The quantitative estimate of drug-likeness (QED) is 0.0161. The average Bonchev–Trinajstić information content (AvgIpc) is 1.61. The molecule has 0 aliphatic carbocycles. The minimum atomic E-state index is -1.92.